The van der Waals surface area contributed by atoms with Gasteiger partial charge < -0.3 is 14.2 Å². The first-order chi connectivity index (χ1) is 14.0. The normalized spacial score (nSPS) is 11.8. The third kappa shape index (κ3) is 3.29. The lowest BCUT2D eigenvalue weighted by atomic mass is 10.1. The molecule has 4 aromatic rings. The first-order valence-corrected chi connectivity index (χ1v) is 9.33. The largest absolute Gasteiger partial charge is 0.493 e. The van der Waals surface area contributed by atoms with Crippen LogP contribution in [-0.2, 0) is 0 Å². The number of aromatic nitrogens is 3. The molecular formula is C20H16FN3O4S. The van der Waals surface area contributed by atoms with E-state index in [1.807, 2.05) is 0 Å². The second kappa shape index (κ2) is 7.51. The predicted molar refractivity (Wildman–Crippen MR) is 107 cm³/mol. The summed E-state index contributed by atoms with van der Waals surface area (Å²) in [6, 6.07) is 9.66. The van der Waals surface area contributed by atoms with Crippen molar-refractivity contribution in [1.82, 2.24) is 14.6 Å². The van der Waals surface area contributed by atoms with Gasteiger partial charge >= 0.3 is 0 Å². The third-order valence-corrected chi connectivity index (χ3v) is 5.26. The van der Waals surface area contributed by atoms with E-state index in [-0.39, 0.29) is 5.56 Å². The van der Waals surface area contributed by atoms with E-state index in [4.69, 9.17) is 14.2 Å². The van der Waals surface area contributed by atoms with Crippen molar-refractivity contribution in [2.24, 2.45) is 0 Å². The lowest BCUT2D eigenvalue weighted by Crippen LogP contribution is -2.23. The Bertz CT molecular complexity index is 1290. The molecule has 29 heavy (non-hydrogen) atoms. The molecule has 0 N–H and O–H groups in total. The molecule has 4 rings (SSSR count). The van der Waals surface area contributed by atoms with E-state index in [0.29, 0.717) is 43.7 Å². The van der Waals surface area contributed by atoms with Crippen molar-refractivity contribution < 1.29 is 18.6 Å². The van der Waals surface area contributed by atoms with E-state index < -0.39 is 5.82 Å². The first kappa shape index (κ1) is 18.9. The molecule has 2 aromatic carbocycles. The predicted octanol–water partition coefficient (Wildman–Crippen LogP) is 2.53. The molecule has 0 saturated carbocycles. The lowest BCUT2D eigenvalue weighted by Gasteiger charge is -2.12. The second-order valence-corrected chi connectivity index (χ2v) is 6.99. The van der Waals surface area contributed by atoms with Gasteiger partial charge in [0, 0.05) is 11.1 Å². The van der Waals surface area contributed by atoms with Crippen LogP contribution in [0.1, 0.15) is 5.56 Å². The van der Waals surface area contributed by atoms with E-state index in [0.717, 1.165) is 11.3 Å². The first-order valence-electron chi connectivity index (χ1n) is 8.52. The topological polar surface area (TPSA) is 75.0 Å². The number of rotatable bonds is 5. The van der Waals surface area contributed by atoms with Crippen LogP contribution in [0.25, 0.3) is 22.4 Å². The monoisotopic (exact) mass is 413 g/mol. The smallest absolute Gasteiger partial charge is 0.291 e. The maximum atomic E-state index is 13.9. The number of hydrogen-bond acceptors (Lipinski definition) is 7. The summed E-state index contributed by atoms with van der Waals surface area (Å²) < 4.78 is 31.4. The van der Waals surface area contributed by atoms with Crippen LogP contribution in [0.3, 0.4) is 0 Å². The van der Waals surface area contributed by atoms with Crippen LogP contribution >= 0.6 is 11.3 Å². The van der Waals surface area contributed by atoms with Crippen molar-refractivity contribution in [2.75, 3.05) is 21.3 Å². The Labute approximate surface area is 168 Å². The van der Waals surface area contributed by atoms with Gasteiger partial charge in [0.15, 0.2) is 17.3 Å². The fourth-order valence-electron chi connectivity index (χ4n) is 2.90. The highest BCUT2D eigenvalue weighted by Crippen LogP contribution is 2.40. The minimum atomic E-state index is -0.399. The van der Waals surface area contributed by atoms with Gasteiger partial charge in [0.1, 0.15) is 5.82 Å². The van der Waals surface area contributed by atoms with Crippen LogP contribution in [0, 0.1) is 5.82 Å². The highest BCUT2D eigenvalue weighted by atomic mass is 32.1. The average molecular weight is 413 g/mol. The third-order valence-electron chi connectivity index (χ3n) is 4.30. The molecule has 148 valence electrons. The van der Waals surface area contributed by atoms with Gasteiger partial charge in [-0.3, -0.25) is 4.79 Å². The molecule has 7 nitrogen and oxygen atoms in total. The van der Waals surface area contributed by atoms with Crippen molar-refractivity contribution in [3.63, 3.8) is 0 Å². The summed E-state index contributed by atoms with van der Waals surface area (Å²) in [5, 5.41) is 4.31. The van der Waals surface area contributed by atoms with Gasteiger partial charge in [-0.1, -0.05) is 29.5 Å². The summed E-state index contributed by atoms with van der Waals surface area (Å²) in [5.41, 5.74) is 0.577. The van der Waals surface area contributed by atoms with Gasteiger partial charge in [-0.25, -0.2) is 4.39 Å². The molecular weight excluding hydrogens is 397 g/mol. The summed E-state index contributed by atoms with van der Waals surface area (Å²) in [6.45, 7) is 0. The minimum Gasteiger partial charge on any atom is -0.493 e. The number of halogens is 1. The van der Waals surface area contributed by atoms with Crippen LogP contribution in [0.15, 0.2) is 41.2 Å². The standard InChI is InChI=1S/C20H16FN3O4S/c1-26-14-8-12(9-15(27-2)17(14)28-3)18-22-20-24(23-18)19(25)16(29-20)10-11-6-4-5-7-13(11)21/h4-10H,1-3H3. The SMILES string of the molecule is COc1cc(-c2nc3sc(=Cc4ccccc4F)c(=O)n3n2)cc(OC)c1OC. The van der Waals surface area contributed by atoms with Crippen LogP contribution in [-0.4, -0.2) is 35.9 Å². The fourth-order valence-corrected chi connectivity index (χ4v) is 3.80. The lowest BCUT2D eigenvalue weighted by molar-refractivity contribution is 0.324. The van der Waals surface area contributed by atoms with E-state index >= 15 is 0 Å². The number of methoxy groups -OCH3 is 3. The molecule has 0 aliphatic carbocycles. The zero-order valence-electron chi connectivity index (χ0n) is 15.8. The van der Waals surface area contributed by atoms with Crippen molar-refractivity contribution in [2.45, 2.75) is 0 Å². The second-order valence-electron chi connectivity index (χ2n) is 5.98. The summed E-state index contributed by atoms with van der Waals surface area (Å²) in [4.78, 5) is 17.5. The van der Waals surface area contributed by atoms with Gasteiger partial charge in [-0.2, -0.15) is 9.50 Å². The fraction of sp³-hybridized carbons (Fsp3) is 0.150. The van der Waals surface area contributed by atoms with Crippen LogP contribution in [0.5, 0.6) is 17.2 Å². The molecule has 0 spiro atoms. The van der Waals surface area contributed by atoms with Gasteiger partial charge in [-0.05, 0) is 24.3 Å². The molecule has 9 heteroatoms. The molecule has 0 fully saturated rings. The minimum absolute atomic E-state index is 0.332. The zero-order valence-corrected chi connectivity index (χ0v) is 16.6. The highest BCUT2D eigenvalue weighted by molar-refractivity contribution is 7.15. The summed E-state index contributed by atoms with van der Waals surface area (Å²) >= 11 is 1.14. The number of nitrogens with zero attached hydrogens (tertiary/aromatic N) is 3. The summed E-state index contributed by atoms with van der Waals surface area (Å²) in [6.07, 6.45) is 1.50. The molecule has 0 aliphatic rings. The molecule has 2 aromatic heterocycles. The Morgan fingerprint density at radius 2 is 1.76 bits per heavy atom. The number of fused-ring (bicyclic) bond motifs is 1. The molecule has 0 radical (unpaired) electrons. The van der Waals surface area contributed by atoms with E-state index in [9.17, 15) is 9.18 Å². The summed E-state index contributed by atoms with van der Waals surface area (Å²) in [5.74, 6) is 1.30. The average Bonchev–Trinajstić information content (AvgIpc) is 3.28. The van der Waals surface area contributed by atoms with Crippen LogP contribution < -0.4 is 24.3 Å². The Kier molecular flexibility index (Phi) is 4.89. The number of thiazole rings is 1. The molecule has 0 saturated heterocycles. The zero-order chi connectivity index (χ0) is 20.5. The molecule has 0 bridgehead atoms. The Morgan fingerprint density at radius 1 is 1.07 bits per heavy atom. The molecule has 0 atom stereocenters. The highest BCUT2D eigenvalue weighted by Gasteiger charge is 2.18. The quantitative estimate of drug-likeness (QED) is 0.501. The molecule has 2 heterocycles. The van der Waals surface area contributed by atoms with Crippen molar-refractivity contribution >= 4 is 22.4 Å². The Balaban J connectivity index is 1.83. The van der Waals surface area contributed by atoms with Crippen LogP contribution in [0.4, 0.5) is 4.39 Å². The summed E-state index contributed by atoms with van der Waals surface area (Å²) in [7, 11) is 4.55. The van der Waals surface area contributed by atoms with Gasteiger partial charge in [0.05, 0.1) is 25.9 Å². The van der Waals surface area contributed by atoms with Gasteiger partial charge in [-0.15, -0.1) is 5.10 Å². The van der Waals surface area contributed by atoms with E-state index in [2.05, 4.69) is 10.1 Å². The molecule has 0 amide bonds. The Morgan fingerprint density at radius 3 is 2.34 bits per heavy atom. The van der Waals surface area contributed by atoms with Gasteiger partial charge in [0.2, 0.25) is 10.7 Å². The van der Waals surface area contributed by atoms with Crippen LogP contribution in [0.2, 0.25) is 0 Å². The molecule has 0 unspecified atom stereocenters. The maximum Gasteiger partial charge on any atom is 0.291 e. The number of ether oxygens (including phenoxy) is 3. The Hall–Kier alpha value is -3.46. The molecule has 0 aliphatic heterocycles. The van der Waals surface area contributed by atoms with E-state index in [1.165, 1.54) is 38.0 Å². The van der Waals surface area contributed by atoms with Crippen molar-refractivity contribution in [3.8, 4) is 28.6 Å². The van der Waals surface area contributed by atoms with Crippen molar-refractivity contribution in [3.05, 3.63) is 62.7 Å². The van der Waals surface area contributed by atoms with E-state index in [1.54, 1.807) is 30.3 Å². The number of hydrogen-bond donors (Lipinski definition) is 0. The van der Waals surface area contributed by atoms with Gasteiger partial charge in [0.25, 0.3) is 5.56 Å². The van der Waals surface area contributed by atoms with Crippen molar-refractivity contribution in [1.29, 1.82) is 0 Å². The maximum absolute atomic E-state index is 13.9. The number of benzene rings is 2.